The molecule has 1 heterocycles. The number of nitriles is 1. The minimum atomic E-state index is -0.711. The summed E-state index contributed by atoms with van der Waals surface area (Å²) in [4.78, 5) is 48.3. The van der Waals surface area contributed by atoms with Gasteiger partial charge in [0.2, 0.25) is 5.91 Å². The molecule has 0 bridgehead atoms. The molecule has 0 spiro atoms. The topological polar surface area (TPSA) is 140 Å². The lowest BCUT2D eigenvalue weighted by atomic mass is 10.1. The van der Waals surface area contributed by atoms with E-state index in [1.165, 1.54) is 32.4 Å². The molecule has 0 saturated carbocycles. The lowest BCUT2D eigenvalue weighted by molar-refractivity contribution is -0.117. The Labute approximate surface area is 165 Å². The summed E-state index contributed by atoms with van der Waals surface area (Å²) in [5.41, 5.74) is 0.279. The van der Waals surface area contributed by atoms with Crippen LogP contribution in [-0.2, 0) is 20.8 Å². The van der Waals surface area contributed by atoms with Crippen molar-refractivity contribution in [2.45, 2.75) is 20.4 Å². The highest BCUT2D eigenvalue weighted by atomic mass is 16.5. The average Bonchev–Trinajstić information content (AvgIpc) is 2.70. The quantitative estimate of drug-likeness (QED) is 0.734. The fourth-order valence-corrected chi connectivity index (χ4v) is 2.52. The number of anilines is 1. The van der Waals surface area contributed by atoms with Crippen LogP contribution < -0.4 is 10.9 Å². The van der Waals surface area contributed by atoms with Crippen molar-refractivity contribution in [3.8, 4) is 6.07 Å². The molecular weight excluding hydrogens is 380 g/mol. The maximum Gasteiger partial charge on any atom is 0.337 e. The zero-order valence-corrected chi connectivity index (χ0v) is 16.2. The molecule has 1 aromatic heterocycles. The maximum atomic E-state index is 12.4. The Morgan fingerprint density at radius 3 is 2.14 bits per heavy atom. The van der Waals surface area contributed by atoms with E-state index < -0.39 is 29.9 Å². The van der Waals surface area contributed by atoms with Crippen LogP contribution in [-0.4, -0.2) is 41.8 Å². The molecule has 1 N–H and O–H groups in total. The first-order chi connectivity index (χ1) is 13.7. The number of nitrogens with one attached hydrogen (secondary N) is 1. The Kier molecular flexibility index (Phi) is 6.46. The van der Waals surface area contributed by atoms with E-state index in [2.05, 4.69) is 19.9 Å². The number of rotatable bonds is 5. The van der Waals surface area contributed by atoms with Crippen LogP contribution >= 0.6 is 0 Å². The first-order valence-electron chi connectivity index (χ1n) is 8.31. The van der Waals surface area contributed by atoms with E-state index in [0.717, 1.165) is 4.68 Å². The summed E-state index contributed by atoms with van der Waals surface area (Å²) in [5.74, 6) is -2.07. The Hall–Kier alpha value is -4.00. The van der Waals surface area contributed by atoms with Gasteiger partial charge in [0, 0.05) is 5.69 Å². The van der Waals surface area contributed by atoms with Crippen molar-refractivity contribution in [1.29, 1.82) is 5.26 Å². The first-order valence-corrected chi connectivity index (χ1v) is 8.31. The minimum absolute atomic E-state index is 0.0268. The van der Waals surface area contributed by atoms with Gasteiger partial charge in [-0.3, -0.25) is 9.59 Å². The molecular formula is C19H18N4O6. The number of amides is 1. The number of methoxy groups -OCH3 is 2. The second-order valence-electron chi connectivity index (χ2n) is 5.99. The molecule has 0 fully saturated rings. The second-order valence-corrected chi connectivity index (χ2v) is 5.99. The lowest BCUT2D eigenvalue weighted by Crippen LogP contribution is -2.32. The smallest absolute Gasteiger partial charge is 0.337 e. The number of nitrogens with zero attached hydrogens (tertiary/aromatic N) is 3. The minimum Gasteiger partial charge on any atom is -0.465 e. The first kappa shape index (κ1) is 21.3. The van der Waals surface area contributed by atoms with Crippen LogP contribution in [0.4, 0.5) is 5.69 Å². The molecule has 1 amide bonds. The largest absolute Gasteiger partial charge is 0.465 e. The summed E-state index contributed by atoms with van der Waals surface area (Å²) in [7, 11) is 2.35. The fraction of sp³-hybridized carbons (Fsp3) is 0.263. The zero-order chi connectivity index (χ0) is 21.7. The highest BCUT2D eigenvalue weighted by molar-refractivity contribution is 5.99. The number of hydrogen-bond donors (Lipinski definition) is 1. The van der Waals surface area contributed by atoms with Gasteiger partial charge in [0.1, 0.15) is 18.2 Å². The molecule has 0 radical (unpaired) electrons. The Morgan fingerprint density at radius 2 is 1.66 bits per heavy atom. The number of carbonyl (C=O) groups is 3. The third kappa shape index (κ3) is 4.65. The Morgan fingerprint density at radius 1 is 1.10 bits per heavy atom. The molecule has 2 aromatic rings. The van der Waals surface area contributed by atoms with Gasteiger partial charge in [-0.25, -0.2) is 14.3 Å². The van der Waals surface area contributed by atoms with E-state index >= 15 is 0 Å². The lowest BCUT2D eigenvalue weighted by Gasteiger charge is -2.11. The fourth-order valence-electron chi connectivity index (χ4n) is 2.52. The number of hydrogen-bond acceptors (Lipinski definition) is 8. The van der Waals surface area contributed by atoms with Gasteiger partial charge in [-0.2, -0.15) is 10.4 Å². The molecule has 0 atom stereocenters. The molecule has 0 aliphatic rings. The van der Waals surface area contributed by atoms with Gasteiger partial charge < -0.3 is 14.8 Å². The highest BCUT2D eigenvalue weighted by Crippen LogP contribution is 2.17. The summed E-state index contributed by atoms with van der Waals surface area (Å²) in [5, 5.41) is 15.7. The van der Waals surface area contributed by atoms with Crippen LogP contribution in [0.25, 0.3) is 0 Å². The standard InChI is InChI=1S/C19H18N4O6/c1-10-11(2)22-23(17(25)15(10)8-20)9-16(24)21-14-6-12(18(26)28-3)5-13(7-14)19(27)29-4/h5-7H,9H2,1-4H3,(H,21,24). The SMILES string of the molecule is COC(=O)c1cc(NC(=O)Cn2nc(C)c(C)c(C#N)c2=O)cc(C(=O)OC)c1. The van der Waals surface area contributed by atoms with E-state index in [1.807, 2.05) is 6.07 Å². The van der Waals surface area contributed by atoms with Crippen molar-refractivity contribution < 1.29 is 23.9 Å². The summed E-state index contributed by atoms with van der Waals surface area (Å²) in [6.07, 6.45) is 0. The number of carbonyl (C=O) groups excluding carboxylic acids is 3. The normalized spacial score (nSPS) is 10.0. The van der Waals surface area contributed by atoms with E-state index in [1.54, 1.807) is 13.8 Å². The number of aromatic nitrogens is 2. The van der Waals surface area contributed by atoms with E-state index in [0.29, 0.717) is 11.3 Å². The predicted octanol–water partition coefficient (Wildman–Crippen LogP) is 0.944. The molecule has 0 aliphatic carbocycles. The van der Waals surface area contributed by atoms with Crippen molar-refractivity contribution in [2.24, 2.45) is 0 Å². The molecule has 1 aromatic carbocycles. The molecule has 0 aliphatic heterocycles. The molecule has 0 unspecified atom stereocenters. The van der Waals surface area contributed by atoms with Gasteiger partial charge in [-0.05, 0) is 37.6 Å². The third-order valence-electron chi connectivity index (χ3n) is 4.10. The van der Waals surface area contributed by atoms with Crippen LogP contribution in [0, 0.1) is 25.2 Å². The van der Waals surface area contributed by atoms with Gasteiger partial charge in [0.15, 0.2) is 0 Å². The van der Waals surface area contributed by atoms with E-state index in [9.17, 15) is 19.2 Å². The molecule has 29 heavy (non-hydrogen) atoms. The Balaban J connectivity index is 2.35. The zero-order valence-electron chi connectivity index (χ0n) is 16.2. The van der Waals surface area contributed by atoms with Gasteiger partial charge in [-0.1, -0.05) is 0 Å². The molecule has 150 valence electrons. The van der Waals surface area contributed by atoms with E-state index in [-0.39, 0.29) is 22.4 Å². The van der Waals surface area contributed by atoms with Crippen LogP contribution in [0.2, 0.25) is 0 Å². The number of esters is 2. The number of aryl methyl sites for hydroxylation is 1. The molecule has 10 heteroatoms. The van der Waals surface area contributed by atoms with Crippen LogP contribution in [0.15, 0.2) is 23.0 Å². The predicted molar refractivity (Wildman–Crippen MR) is 100 cm³/mol. The molecule has 10 nitrogen and oxygen atoms in total. The number of benzene rings is 1. The van der Waals surface area contributed by atoms with Gasteiger partial charge >= 0.3 is 11.9 Å². The van der Waals surface area contributed by atoms with Gasteiger partial charge in [0.25, 0.3) is 5.56 Å². The van der Waals surface area contributed by atoms with Crippen LogP contribution in [0.5, 0.6) is 0 Å². The highest BCUT2D eigenvalue weighted by Gasteiger charge is 2.17. The van der Waals surface area contributed by atoms with Gasteiger partial charge in [0.05, 0.1) is 31.0 Å². The average molecular weight is 398 g/mol. The van der Waals surface area contributed by atoms with Crippen molar-refractivity contribution >= 4 is 23.5 Å². The number of ether oxygens (including phenoxy) is 2. The van der Waals surface area contributed by atoms with Crippen molar-refractivity contribution in [2.75, 3.05) is 19.5 Å². The van der Waals surface area contributed by atoms with Crippen molar-refractivity contribution in [3.63, 3.8) is 0 Å². The van der Waals surface area contributed by atoms with Crippen LogP contribution in [0.1, 0.15) is 37.5 Å². The summed E-state index contributed by atoms with van der Waals surface area (Å²) in [6.45, 7) is 2.75. The summed E-state index contributed by atoms with van der Waals surface area (Å²) in [6, 6.07) is 5.70. The van der Waals surface area contributed by atoms with Gasteiger partial charge in [-0.15, -0.1) is 0 Å². The molecule has 2 rings (SSSR count). The third-order valence-corrected chi connectivity index (χ3v) is 4.10. The maximum absolute atomic E-state index is 12.4. The Bertz CT molecular complexity index is 1060. The van der Waals surface area contributed by atoms with E-state index in [4.69, 9.17) is 5.26 Å². The summed E-state index contributed by atoms with van der Waals surface area (Å²) >= 11 is 0. The monoisotopic (exact) mass is 398 g/mol. The van der Waals surface area contributed by atoms with Crippen molar-refractivity contribution in [3.05, 3.63) is 56.5 Å². The second kappa shape index (κ2) is 8.79. The van der Waals surface area contributed by atoms with Crippen LogP contribution in [0.3, 0.4) is 0 Å². The van der Waals surface area contributed by atoms with Crippen molar-refractivity contribution in [1.82, 2.24) is 9.78 Å². The molecule has 0 saturated heterocycles. The summed E-state index contributed by atoms with van der Waals surface area (Å²) < 4.78 is 10.1.